The summed E-state index contributed by atoms with van der Waals surface area (Å²) in [4.78, 5) is 17.2. The average molecular weight is 290 g/mol. The number of hydrogen-bond donors (Lipinski definition) is 2. The van der Waals surface area contributed by atoms with Gasteiger partial charge in [-0.1, -0.05) is 12.1 Å². The lowest BCUT2D eigenvalue weighted by Gasteiger charge is -2.21. The van der Waals surface area contributed by atoms with Gasteiger partial charge in [-0.2, -0.15) is 0 Å². The molecule has 114 valence electrons. The zero-order valence-corrected chi connectivity index (χ0v) is 12.6. The Kier molecular flexibility index (Phi) is 5.36. The monoisotopic (exact) mass is 290 g/mol. The fourth-order valence-corrected chi connectivity index (χ4v) is 2.40. The summed E-state index contributed by atoms with van der Waals surface area (Å²) in [6.45, 7) is 3.31. The number of carbonyl (C=O) groups excluding carboxylic acids is 1. The second-order valence-corrected chi connectivity index (χ2v) is 5.14. The zero-order chi connectivity index (χ0) is 15.2. The van der Waals surface area contributed by atoms with Gasteiger partial charge < -0.3 is 19.7 Å². The topological polar surface area (TPSA) is 65.6 Å². The maximum absolute atomic E-state index is 12.4. The summed E-state index contributed by atoms with van der Waals surface area (Å²) in [5, 5.41) is 10.1. The number of nitrogens with one attached hydrogen (secondary N) is 1. The van der Waals surface area contributed by atoms with Crippen molar-refractivity contribution in [3.05, 3.63) is 35.5 Å². The van der Waals surface area contributed by atoms with Gasteiger partial charge in [-0.15, -0.1) is 0 Å². The highest BCUT2D eigenvalue weighted by Crippen LogP contribution is 2.20. The van der Waals surface area contributed by atoms with E-state index >= 15 is 0 Å². The van der Waals surface area contributed by atoms with Crippen LogP contribution in [-0.2, 0) is 16.0 Å². The number of aliphatic hydroxyl groups excluding tert-OH is 1. The van der Waals surface area contributed by atoms with Crippen LogP contribution in [0.3, 0.4) is 0 Å². The van der Waals surface area contributed by atoms with Crippen LogP contribution < -0.4 is 0 Å². The first-order chi connectivity index (χ1) is 10.2. The third-order valence-electron chi connectivity index (χ3n) is 3.55. The van der Waals surface area contributed by atoms with E-state index in [0.717, 1.165) is 16.5 Å². The number of benzene rings is 1. The van der Waals surface area contributed by atoms with Gasteiger partial charge in [0.15, 0.2) is 0 Å². The molecule has 5 heteroatoms. The Hall–Kier alpha value is -1.85. The zero-order valence-electron chi connectivity index (χ0n) is 12.6. The SMILES string of the molecule is COCCN(CCO)C(=O)Cc1c[nH]c2cc(C)ccc12. The van der Waals surface area contributed by atoms with Gasteiger partial charge in [-0.05, 0) is 24.1 Å². The van der Waals surface area contributed by atoms with Crippen molar-refractivity contribution in [3.8, 4) is 0 Å². The highest BCUT2D eigenvalue weighted by Gasteiger charge is 2.15. The van der Waals surface area contributed by atoms with Gasteiger partial charge in [-0.3, -0.25) is 4.79 Å². The van der Waals surface area contributed by atoms with Crippen LogP contribution in [0, 0.1) is 6.92 Å². The molecule has 0 bridgehead atoms. The van der Waals surface area contributed by atoms with E-state index in [1.165, 1.54) is 5.56 Å². The van der Waals surface area contributed by atoms with Crippen LogP contribution >= 0.6 is 0 Å². The van der Waals surface area contributed by atoms with E-state index in [2.05, 4.69) is 11.1 Å². The van der Waals surface area contributed by atoms with Gasteiger partial charge in [0.1, 0.15) is 0 Å². The van der Waals surface area contributed by atoms with Crippen LogP contribution in [0.15, 0.2) is 24.4 Å². The number of nitrogens with zero attached hydrogens (tertiary/aromatic N) is 1. The molecule has 0 spiro atoms. The number of aliphatic hydroxyl groups is 1. The fraction of sp³-hybridized carbons (Fsp3) is 0.438. The van der Waals surface area contributed by atoms with Crippen molar-refractivity contribution in [2.24, 2.45) is 0 Å². The second-order valence-electron chi connectivity index (χ2n) is 5.14. The Morgan fingerprint density at radius 2 is 2.19 bits per heavy atom. The van der Waals surface area contributed by atoms with Crippen molar-refractivity contribution in [3.63, 3.8) is 0 Å². The molecule has 1 aromatic carbocycles. The number of rotatable bonds is 7. The Labute approximate surface area is 124 Å². The number of carbonyl (C=O) groups is 1. The summed E-state index contributed by atoms with van der Waals surface area (Å²) in [5.41, 5.74) is 3.21. The van der Waals surface area contributed by atoms with Crippen LogP contribution in [0.1, 0.15) is 11.1 Å². The number of hydrogen-bond acceptors (Lipinski definition) is 3. The molecule has 1 aromatic heterocycles. The van der Waals surface area contributed by atoms with E-state index in [1.807, 2.05) is 25.3 Å². The van der Waals surface area contributed by atoms with Gasteiger partial charge in [0.2, 0.25) is 5.91 Å². The predicted octanol–water partition coefficient (Wildman–Crippen LogP) is 1.49. The number of aryl methyl sites for hydroxylation is 1. The first kappa shape index (κ1) is 15.5. The number of fused-ring (bicyclic) bond motifs is 1. The van der Waals surface area contributed by atoms with Gasteiger partial charge in [-0.25, -0.2) is 0 Å². The van der Waals surface area contributed by atoms with E-state index < -0.39 is 0 Å². The highest BCUT2D eigenvalue weighted by molar-refractivity contribution is 5.89. The van der Waals surface area contributed by atoms with E-state index in [0.29, 0.717) is 26.1 Å². The van der Waals surface area contributed by atoms with Crippen molar-refractivity contribution in [1.82, 2.24) is 9.88 Å². The molecule has 0 radical (unpaired) electrons. The quantitative estimate of drug-likeness (QED) is 0.812. The molecule has 21 heavy (non-hydrogen) atoms. The molecule has 0 saturated carbocycles. The van der Waals surface area contributed by atoms with Crippen molar-refractivity contribution in [1.29, 1.82) is 0 Å². The van der Waals surface area contributed by atoms with Crippen molar-refractivity contribution in [2.75, 3.05) is 33.4 Å². The summed E-state index contributed by atoms with van der Waals surface area (Å²) in [6.07, 6.45) is 2.21. The molecule has 0 aliphatic heterocycles. The lowest BCUT2D eigenvalue weighted by Crippen LogP contribution is -2.37. The molecule has 5 nitrogen and oxygen atoms in total. The number of H-pyrrole nitrogens is 1. The van der Waals surface area contributed by atoms with Crippen LogP contribution in [0.4, 0.5) is 0 Å². The maximum atomic E-state index is 12.4. The van der Waals surface area contributed by atoms with Gasteiger partial charge in [0.05, 0.1) is 19.6 Å². The molecule has 1 heterocycles. The number of aromatic amines is 1. The van der Waals surface area contributed by atoms with Gasteiger partial charge in [0.25, 0.3) is 0 Å². The lowest BCUT2D eigenvalue weighted by atomic mass is 10.1. The highest BCUT2D eigenvalue weighted by atomic mass is 16.5. The van der Waals surface area contributed by atoms with Crippen LogP contribution in [-0.4, -0.2) is 54.3 Å². The van der Waals surface area contributed by atoms with E-state index in [-0.39, 0.29) is 12.5 Å². The Morgan fingerprint density at radius 3 is 2.90 bits per heavy atom. The van der Waals surface area contributed by atoms with Gasteiger partial charge in [0, 0.05) is 37.3 Å². The Bertz CT molecular complexity index is 607. The summed E-state index contributed by atoms with van der Waals surface area (Å²) < 4.78 is 5.01. The Morgan fingerprint density at radius 1 is 1.38 bits per heavy atom. The summed E-state index contributed by atoms with van der Waals surface area (Å²) in [7, 11) is 1.60. The Balaban J connectivity index is 2.12. The molecule has 2 rings (SSSR count). The third kappa shape index (κ3) is 3.83. The minimum absolute atomic E-state index is 0.00238. The number of amides is 1. The number of methoxy groups -OCH3 is 1. The largest absolute Gasteiger partial charge is 0.395 e. The molecule has 0 fully saturated rings. The lowest BCUT2D eigenvalue weighted by molar-refractivity contribution is -0.131. The standard InChI is InChI=1S/C16H22N2O3/c1-12-3-4-14-13(11-17-15(14)9-12)10-16(20)18(5-7-19)6-8-21-2/h3-4,9,11,17,19H,5-8,10H2,1-2H3. The maximum Gasteiger partial charge on any atom is 0.227 e. The third-order valence-corrected chi connectivity index (χ3v) is 3.55. The smallest absolute Gasteiger partial charge is 0.227 e. The first-order valence-corrected chi connectivity index (χ1v) is 7.10. The number of aromatic nitrogens is 1. The molecule has 0 unspecified atom stereocenters. The van der Waals surface area contributed by atoms with Crippen molar-refractivity contribution in [2.45, 2.75) is 13.3 Å². The van der Waals surface area contributed by atoms with E-state index in [4.69, 9.17) is 9.84 Å². The van der Waals surface area contributed by atoms with Crippen molar-refractivity contribution < 1.29 is 14.6 Å². The molecule has 1 amide bonds. The first-order valence-electron chi connectivity index (χ1n) is 7.10. The number of ether oxygens (including phenoxy) is 1. The normalized spacial score (nSPS) is 11.0. The molecule has 2 aromatic rings. The minimum atomic E-state index is -0.0392. The predicted molar refractivity (Wildman–Crippen MR) is 82.3 cm³/mol. The second kappa shape index (κ2) is 7.24. The summed E-state index contributed by atoms with van der Waals surface area (Å²) >= 11 is 0. The molecule has 0 aliphatic rings. The summed E-state index contributed by atoms with van der Waals surface area (Å²) in [6, 6.07) is 6.15. The summed E-state index contributed by atoms with van der Waals surface area (Å²) in [5.74, 6) is 0.00238. The van der Waals surface area contributed by atoms with Crippen LogP contribution in [0.5, 0.6) is 0 Å². The molecule has 0 aliphatic carbocycles. The average Bonchev–Trinajstić information content (AvgIpc) is 2.85. The van der Waals surface area contributed by atoms with Gasteiger partial charge >= 0.3 is 0 Å². The molecular formula is C16H22N2O3. The molecule has 0 atom stereocenters. The van der Waals surface area contributed by atoms with E-state index in [1.54, 1.807) is 12.0 Å². The fourth-order valence-electron chi connectivity index (χ4n) is 2.40. The van der Waals surface area contributed by atoms with E-state index in [9.17, 15) is 4.79 Å². The van der Waals surface area contributed by atoms with Crippen LogP contribution in [0.25, 0.3) is 10.9 Å². The van der Waals surface area contributed by atoms with Crippen molar-refractivity contribution >= 4 is 16.8 Å². The molecule has 0 saturated heterocycles. The molecule has 2 N–H and O–H groups in total. The molecular weight excluding hydrogens is 268 g/mol. The van der Waals surface area contributed by atoms with Crippen LogP contribution in [0.2, 0.25) is 0 Å². The minimum Gasteiger partial charge on any atom is -0.395 e.